The fourth-order valence-electron chi connectivity index (χ4n) is 7.48. The summed E-state index contributed by atoms with van der Waals surface area (Å²) in [5, 5.41) is 0. The van der Waals surface area contributed by atoms with Gasteiger partial charge in [0.2, 0.25) is 0 Å². The summed E-state index contributed by atoms with van der Waals surface area (Å²) in [7, 11) is 0. The van der Waals surface area contributed by atoms with Crippen molar-refractivity contribution in [1.29, 1.82) is 0 Å². The van der Waals surface area contributed by atoms with Crippen LogP contribution >= 0.6 is 0 Å². The Bertz CT molecular complexity index is 1100. The molecule has 34 heavy (non-hydrogen) atoms. The number of allylic oxidation sites excluding steroid dienone is 4. The maximum absolute atomic E-state index is 14.5. The molecule has 0 bridgehead atoms. The zero-order chi connectivity index (χ0) is 23.3. The number of carbonyl (C=O) groups is 2. The lowest BCUT2D eigenvalue weighted by molar-refractivity contribution is -0.778. The third kappa shape index (κ3) is 3.41. The number of ketones is 1. The summed E-state index contributed by atoms with van der Waals surface area (Å²) < 4.78 is 0.410. The van der Waals surface area contributed by atoms with Crippen molar-refractivity contribution >= 4 is 11.7 Å². The average molecular weight is 458 g/mol. The monoisotopic (exact) mass is 457 g/mol. The second-order valence-corrected chi connectivity index (χ2v) is 11.1. The molecule has 0 radical (unpaired) electrons. The molecule has 2 atom stereocenters. The predicted octanol–water partition coefficient (Wildman–Crippen LogP) is 5.67. The van der Waals surface area contributed by atoms with Gasteiger partial charge in [0.05, 0.1) is 18.0 Å². The van der Waals surface area contributed by atoms with E-state index in [1.807, 2.05) is 0 Å². The molecule has 6 rings (SSSR count). The van der Waals surface area contributed by atoms with Gasteiger partial charge in [-0.05, 0) is 70.0 Å². The van der Waals surface area contributed by atoms with Crippen LogP contribution in [0.5, 0.6) is 0 Å². The fourth-order valence-corrected chi connectivity index (χ4v) is 7.48. The van der Waals surface area contributed by atoms with E-state index in [1.54, 1.807) is 0 Å². The van der Waals surface area contributed by atoms with Crippen LogP contribution in [0.4, 0.5) is 0 Å². The van der Waals surface area contributed by atoms with E-state index in [9.17, 15) is 9.59 Å². The molecule has 178 valence electrons. The number of hydrogen-bond acceptors (Lipinski definition) is 3. The first-order chi connectivity index (χ1) is 16.6. The molecule has 1 amide bonds. The van der Waals surface area contributed by atoms with Crippen LogP contribution in [0, 0.1) is 11.8 Å². The van der Waals surface area contributed by atoms with Crippen LogP contribution in [0.1, 0.15) is 70.3 Å². The molecule has 1 saturated heterocycles. The molecule has 4 nitrogen and oxygen atoms in total. The van der Waals surface area contributed by atoms with Gasteiger partial charge >= 0.3 is 5.91 Å². The van der Waals surface area contributed by atoms with Crippen molar-refractivity contribution in [3.05, 3.63) is 70.1 Å². The number of piperidine rings is 1. The predicted molar refractivity (Wildman–Crippen MR) is 133 cm³/mol. The Kier molecular flexibility index (Phi) is 5.69. The normalized spacial score (nSPS) is 28.5. The van der Waals surface area contributed by atoms with E-state index in [2.05, 4.69) is 48.2 Å². The highest BCUT2D eigenvalue weighted by Gasteiger charge is 2.58. The van der Waals surface area contributed by atoms with Gasteiger partial charge in [-0.25, -0.2) is 4.79 Å². The van der Waals surface area contributed by atoms with Gasteiger partial charge < -0.3 is 0 Å². The summed E-state index contributed by atoms with van der Waals surface area (Å²) in [6.07, 6.45) is 11.1. The Balaban J connectivity index is 1.26. The summed E-state index contributed by atoms with van der Waals surface area (Å²) in [6.45, 7) is 6.13. The minimum Gasteiger partial charge on any atom is -0.299 e. The number of likely N-dealkylation sites (tertiary alicyclic amines) is 1. The van der Waals surface area contributed by atoms with Gasteiger partial charge in [0.25, 0.3) is 0 Å². The van der Waals surface area contributed by atoms with E-state index in [0.29, 0.717) is 22.7 Å². The maximum Gasteiger partial charge on any atom is 0.326 e. The number of nitrogens with zero attached hydrogens (tertiary/aromatic N) is 2. The number of quaternary nitrogens is 1. The quantitative estimate of drug-likeness (QED) is 0.547. The number of hydrogen-bond donors (Lipinski definition) is 0. The maximum atomic E-state index is 14.5. The van der Waals surface area contributed by atoms with Crippen LogP contribution in [-0.4, -0.2) is 40.7 Å². The van der Waals surface area contributed by atoms with E-state index < -0.39 is 0 Å². The number of benzene rings is 1. The van der Waals surface area contributed by atoms with Crippen LogP contribution in [0.15, 0.2) is 64.5 Å². The highest BCUT2D eigenvalue weighted by molar-refractivity contribution is 6.04. The SMILES string of the molecule is CC(C(=O)[N+]12CCC=C3CCC(=O)C(=C31)C1=C2CCCC1)C1CCN(Cc2ccccc2)CC1. The number of Topliss-reactive ketones (excluding diaryl/α,β-unsaturated/α-hetero) is 1. The number of amides is 1. The van der Waals surface area contributed by atoms with E-state index in [4.69, 9.17) is 0 Å². The van der Waals surface area contributed by atoms with Crippen LogP contribution < -0.4 is 0 Å². The minimum absolute atomic E-state index is 0.0257. The van der Waals surface area contributed by atoms with E-state index in [-0.39, 0.29) is 11.7 Å². The third-order valence-corrected chi connectivity index (χ3v) is 9.23. The minimum atomic E-state index is 0.0257. The summed E-state index contributed by atoms with van der Waals surface area (Å²) in [4.78, 5) is 30.2. The smallest absolute Gasteiger partial charge is 0.299 e. The number of rotatable bonds is 4. The van der Waals surface area contributed by atoms with Gasteiger partial charge in [0.1, 0.15) is 5.70 Å². The first kappa shape index (κ1) is 22.2. The molecule has 3 heterocycles. The highest BCUT2D eigenvalue weighted by Crippen LogP contribution is 2.55. The lowest BCUT2D eigenvalue weighted by Crippen LogP contribution is -2.56. The summed E-state index contributed by atoms with van der Waals surface area (Å²) in [5.74, 6) is 1.12. The molecule has 1 aromatic rings. The van der Waals surface area contributed by atoms with Crippen molar-refractivity contribution in [1.82, 2.24) is 4.90 Å². The second-order valence-electron chi connectivity index (χ2n) is 11.1. The topological polar surface area (TPSA) is 37.4 Å². The van der Waals surface area contributed by atoms with Crippen molar-refractivity contribution in [2.45, 2.75) is 71.3 Å². The fraction of sp³-hybridized carbons (Fsp3) is 0.533. The van der Waals surface area contributed by atoms with Crippen LogP contribution in [0.3, 0.4) is 0 Å². The molecule has 4 heteroatoms. The molecule has 0 saturated carbocycles. The van der Waals surface area contributed by atoms with Crippen molar-refractivity contribution < 1.29 is 14.1 Å². The molecule has 1 aromatic carbocycles. The van der Waals surface area contributed by atoms with Crippen molar-refractivity contribution in [2.24, 2.45) is 11.8 Å². The Morgan fingerprint density at radius 3 is 2.62 bits per heavy atom. The Morgan fingerprint density at radius 2 is 1.82 bits per heavy atom. The molecular weight excluding hydrogens is 420 g/mol. The molecule has 3 aliphatic heterocycles. The summed E-state index contributed by atoms with van der Waals surface area (Å²) in [6, 6.07) is 10.7. The van der Waals surface area contributed by atoms with Crippen LogP contribution in [-0.2, 0) is 16.1 Å². The van der Waals surface area contributed by atoms with Gasteiger partial charge in [-0.1, -0.05) is 36.4 Å². The van der Waals surface area contributed by atoms with Crippen LogP contribution in [0.2, 0.25) is 0 Å². The van der Waals surface area contributed by atoms with Gasteiger partial charge in [0, 0.05) is 37.0 Å². The summed E-state index contributed by atoms with van der Waals surface area (Å²) >= 11 is 0. The van der Waals surface area contributed by atoms with Crippen molar-refractivity contribution in [3.8, 4) is 0 Å². The van der Waals surface area contributed by atoms with E-state index >= 15 is 0 Å². The number of carbonyl (C=O) groups excluding carboxylic acids is 2. The third-order valence-electron chi connectivity index (χ3n) is 9.23. The van der Waals surface area contributed by atoms with Gasteiger partial charge in [-0.2, -0.15) is 4.48 Å². The van der Waals surface area contributed by atoms with Gasteiger partial charge in [-0.3, -0.25) is 9.69 Å². The molecule has 5 aliphatic rings. The van der Waals surface area contributed by atoms with Crippen LogP contribution in [0.25, 0.3) is 0 Å². The summed E-state index contributed by atoms with van der Waals surface area (Å²) in [5.41, 5.74) is 7.31. The van der Waals surface area contributed by atoms with Gasteiger partial charge in [-0.15, -0.1) is 0 Å². The van der Waals surface area contributed by atoms with Gasteiger partial charge in [0.15, 0.2) is 11.5 Å². The first-order valence-corrected chi connectivity index (χ1v) is 13.5. The number of fused-ring (bicyclic) bond motifs is 2. The molecule has 0 spiro atoms. The highest BCUT2D eigenvalue weighted by atomic mass is 16.2. The van der Waals surface area contributed by atoms with E-state index in [1.165, 1.54) is 22.4 Å². The zero-order valence-corrected chi connectivity index (χ0v) is 20.5. The first-order valence-electron chi connectivity index (χ1n) is 13.5. The lowest BCUT2D eigenvalue weighted by atomic mass is 9.81. The molecule has 2 unspecified atom stereocenters. The molecule has 0 N–H and O–H groups in total. The van der Waals surface area contributed by atoms with Crippen molar-refractivity contribution in [2.75, 3.05) is 19.6 Å². The average Bonchev–Trinajstić information content (AvgIpc) is 3.20. The molecule has 0 aromatic heterocycles. The Morgan fingerprint density at radius 1 is 1.06 bits per heavy atom. The Labute approximate surface area is 203 Å². The largest absolute Gasteiger partial charge is 0.326 e. The lowest BCUT2D eigenvalue weighted by Gasteiger charge is -2.43. The molecule has 1 fully saturated rings. The standard InChI is InChI=1S/C30H37N2O2/c1-21(23-15-17-31(18-16-23)20-22-8-3-2-4-9-22)30(34)32-19-7-10-24-13-14-27(33)28(29(24)32)25-11-5-6-12-26(25)32/h2-4,8-10,21,23H,5-7,11-20H2,1H3/q+1. The second kappa shape index (κ2) is 8.73. The molecule has 2 aliphatic carbocycles. The zero-order valence-electron chi connectivity index (χ0n) is 20.5. The van der Waals surface area contributed by atoms with Crippen molar-refractivity contribution in [3.63, 3.8) is 0 Å². The Hall–Kier alpha value is -2.30. The van der Waals surface area contributed by atoms with E-state index in [0.717, 1.165) is 88.8 Å². The molecular formula is C30H37N2O2+.